The normalized spacial score (nSPS) is 26.1. The van der Waals surface area contributed by atoms with Crippen LogP contribution in [0.15, 0.2) is 6.07 Å². The number of fused-ring (bicyclic) bond motifs is 1. The molecule has 2 heterocycles. The summed E-state index contributed by atoms with van der Waals surface area (Å²) in [7, 11) is 0. The van der Waals surface area contributed by atoms with E-state index < -0.39 is 0 Å². The van der Waals surface area contributed by atoms with Crippen molar-refractivity contribution in [2.75, 3.05) is 35.6 Å². The van der Waals surface area contributed by atoms with E-state index in [1.54, 1.807) is 0 Å². The Morgan fingerprint density at radius 1 is 1.25 bits per heavy atom. The molecule has 2 aliphatic rings. The van der Waals surface area contributed by atoms with E-state index in [-0.39, 0.29) is 0 Å². The molecule has 1 aromatic heterocycles. The number of rotatable bonds is 3. The summed E-state index contributed by atoms with van der Waals surface area (Å²) in [6, 6.07) is 2.03. The molecule has 0 radical (unpaired) electrons. The third kappa shape index (κ3) is 2.81. The van der Waals surface area contributed by atoms with E-state index in [4.69, 9.17) is 5.73 Å². The van der Waals surface area contributed by atoms with Gasteiger partial charge in [0.15, 0.2) is 0 Å². The molecule has 2 unspecified atom stereocenters. The number of nitrogens with one attached hydrogen (secondary N) is 1. The zero-order valence-corrected chi connectivity index (χ0v) is 12.3. The van der Waals surface area contributed by atoms with Gasteiger partial charge in [0.05, 0.1) is 0 Å². The van der Waals surface area contributed by atoms with Gasteiger partial charge in [-0.1, -0.05) is 19.3 Å². The lowest BCUT2D eigenvalue weighted by atomic mass is 9.75. The third-order valence-electron chi connectivity index (χ3n) is 4.70. The Morgan fingerprint density at radius 2 is 2.05 bits per heavy atom. The molecular formula is C15H25N5. The number of piperidine rings is 1. The van der Waals surface area contributed by atoms with Crippen LogP contribution in [-0.2, 0) is 0 Å². The maximum absolute atomic E-state index is 5.84. The van der Waals surface area contributed by atoms with E-state index >= 15 is 0 Å². The summed E-state index contributed by atoms with van der Waals surface area (Å²) in [5.74, 6) is 3.96. The molecule has 2 fully saturated rings. The van der Waals surface area contributed by atoms with Crippen LogP contribution < -0.4 is 16.0 Å². The van der Waals surface area contributed by atoms with Gasteiger partial charge in [-0.25, -0.2) is 0 Å². The maximum atomic E-state index is 5.84. The van der Waals surface area contributed by atoms with Gasteiger partial charge in [0.25, 0.3) is 0 Å². The van der Waals surface area contributed by atoms with Crippen molar-refractivity contribution in [3.8, 4) is 0 Å². The number of nitrogens with zero attached hydrogens (tertiary/aromatic N) is 3. The predicted octanol–water partition coefficient (Wildman–Crippen LogP) is 2.51. The molecule has 5 heteroatoms. The average molecular weight is 275 g/mol. The molecule has 5 nitrogen and oxygen atoms in total. The van der Waals surface area contributed by atoms with E-state index in [0.717, 1.165) is 43.1 Å². The molecule has 3 rings (SSSR count). The van der Waals surface area contributed by atoms with Crippen molar-refractivity contribution >= 4 is 17.6 Å². The molecular weight excluding hydrogens is 250 g/mol. The number of hydrogen-bond donors (Lipinski definition) is 2. The second-order valence-corrected chi connectivity index (χ2v) is 6.04. The van der Waals surface area contributed by atoms with Gasteiger partial charge < -0.3 is 16.0 Å². The second-order valence-electron chi connectivity index (χ2n) is 6.04. The highest BCUT2D eigenvalue weighted by molar-refractivity contribution is 5.52. The minimum Gasteiger partial charge on any atom is -0.370 e. The Labute approximate surface area is 121 Å². The molecule has 0 bridgehead atoms. The van der Waals surface area contributed by atoms with Crippen molar-refractivity contribution in [2.45, 2.75) is 39.0 Å². The van der Waals surface area contributed by atoms with Gasteiger partial charge in [0.2, 0.25) is 5.95 Å². The lowest BCUT2D eigenvalue weighted by Gasteiger charge is -2.41. The van der Waals surface area contributed by atoms with Gasteiger partial charge in [-0.2, -0.15) is 9.97 Å². The van der Waals surface area contributed by atoms with Crippen LogP contribution in [0.25, 0.3) is 0 Å². The summed E-state index contributed by atoms with van der Waals surface area (Å²) >= 11 is 0. The Morgan fingerprint density at radius 3 is 2.85 bits per heavy atom. The fraction of sp³-hybridized carbons (Fsp3) is 0.733. The van der Waals surface area contributed by atoms with E-state index in [2.05, 4.69) is 27.1 Å². The molecule has 1 saturated carbocycles. The largest absolute Gasteiger partial charge is 0.370 e. The van der Waals surface area contributed by atoms with Crippen LogP contribution in [0.2, 0.25) is 0 Å². The zero-order valence-electron chi connectivity index (χ0n) is 12.3. The highest BCUT2D eigenvalue weighted by Gasteiger charge is 2.31. The number of nitrogens with two attached hydrogens (primary N) is 1. The van der Waals surface area contributed by atoms with Gasteiger partial charge in [0.1, 0.15) is 11.6 Å². The minimum atomic E-state index is 0.365. The van der Waals surface area contributed by atoms with Gasteiger partial charge in [-0.3, -0.25) is 0 Å². The average Bonchev–Trinajstić information content (AvgIpc) is 2.46. The third-order valence-corrected chi connectivity index (χ3v) is 4.70. The summed E-state index contributed by atoms with van der Waals surface area (Å²) in [6.45, 7) is 5.14. The van der Waals surface area contributed by atoms with Crippen LogP contribution in [-0.4, -0.2) is 29.6 Å². The number of hydrogen-bond acceptors (Lipinski definition) is 5. The molecule has 1 aliphatic heterocycles. The standard InChI is InChI=1S/C15H25N5/c1-2-17-13-9-14(19-15(16)18-13)20-8-7-11-5-3-4-6-12(11)10-20/h9,11-12H,2-8,10H2,1H3,(H3,16,17,18,19). The predicted molar refractivity (Wildman–Crippen MR) is 82.9 cm³/mol. The summed E-state index contributed by atoms with van der Waals surface area (Å²) in [6.07, 6.45) is 6.91. The topological polar surface area (TPSA) is 67.1 Å². The lowest BCUT2D eigenvalue weighted by Crippen LogP contribution is -2.42. The smallest absolute Gasteiger partial charge is 0.223 e. The Kier molecular flexibility index (Phi) is 3.94. The Hall–Kier alpha value is -1.52. The molecule has 20 heavy (non-hydrogen) atoms. The second kappa shape index (κ2) is 5.85. The van der Waals surface area contributed by atoms with Crippen LogP contribution >= 0.6 is 0 Å². The molecule has 1 aliphatic carbocycles. The van der Waals surface area contributed by atoms with Crippen molar-refractivity contribution in [3.05, 3.63) is 6.07 Å². The van der Waals surface area contributed by atoms with Crippen LogP contribution in [0.3, 0.4) is 0 Å². The van der Waals surface area contributed by atoms with Crippen LogP contribution in [0.1, 0.15) is 39.0 Å². The molecule has 3 N–H and O–H groups in total. The van der Waals surface area contributed by atoms with Gasteiger partial charge in [-0.15, -0.1) is 0 Å². The van der Waals surface area contributed by atoms with E-state index in [1.165, 1.54) is 32.1 Å². The molecule has 1 aromatic rings. The summed E-state index contributed by atoms with van der Waals surface area (Å²) < 4.78 is 0. The molecule has 1 saturated heterocycles. The van der Waals surface area contributed by atoms with E-state index in [9.17, 15) is 0 Å². The number of anilines is 3. The van der Waals surface area contributed by atoms with Gasteiger partial charge in [0, 0.05) is 25.7 Å². The summed E-state index contributed by atoms with van der Waals surface area (Å²) in [5, 5.41) is 3.23. The zero-order chi connectivity index (χ0) is 13.9. The van der Waals surface area contributed by atoms with Crippen molar-refractivity contribution < 1.29 is 0 Å². The minimum absolute atomic E-state index is 0.365. The van der Waals surface area contributed by atoms with Gasteiger partial charge >= 0.3 is 0 Å². The highest BCUT2D eigenvalue weighted by atomic mass is 15.2. The van der Waals surface area contributed by atoms with E-state index in [0.29, 0.717) is 5.95 Å². The molecule has 2 atom stereocenters. The first-order valence-electron chi connectivity index (χ1n) is 7.89. The van der Waals surface area contributed by atoms with Crippen LogP contribution in [0, 0.1) is 11.8 Å². The first-order chi connectivity index (χ1) is 9.76. The van der Waals surface area contributed by atoms with Crippen molar-refractivity contribution in [3.63, 3.8) is 0 Å². The SMILES string of the molecule is CCNc1cc(N2CCC3CCCCC3C2)nc(N)n1. The lowest BCUT2D eigenvalue weighted by molar-refractivity contribution is 0.202. The molecule has 0 amide bonds. The highest BCUT2D eigenvalue weighted by Crippen LogP contribution is 2.37. The molecule has 0 aromatic carbocycles. The quantitative estimate of drug-likeness (QED) is 0.887. The van der Waals surface area contributed by atoms with Crippen molar-refractivity contribution in [2.24, 2.45) is 11.8 Å². The van der Waals surface area contributed by atoms with E-state index in [1.807, 2.05) is 6.07 Å². The van der Waals surface area contributed by atoms with Gasteiger partial charge in [-0.05, 0) is 31.6 Å². The fourth-order valence-corrected chi connectivity index (χ4v) is 3.70. The fourth-order valence-electron chi connectivity index (χ4n) is 3.70. The summed E-state index contributed by atoms with van der Waals surface area (Å²) in [5.41, 5.74) is 5.84. The number of nitrogen functional groups attached to an aromatic ring is 1. The Balaban J connectivity index is 1.75. The van der Waals surface area contributed by atoms with Crippen LogP contribution in [0.4, 0.5) is 17.6 Å². The van der Waals surface area contributed by atoms with Crippen LogP contribution in [0.5, 0.6) is 0 Å². The first-order valence-corrected chi connectivity index (χ1v) is 7.89. The summed E-state index contributed by atoms with van der Waals surface area (Å²) in [4.78, 5) is 11.1. The number of aromatic nitrogens is 2. The Bertz CT molecular complexity index is 462. The maximum Gasteiger partial charge on any atom is 0.223 e. The first kappa shape index (κ1) is 13.5. The molecule has 110 valence electrons. The monoisotopic (exact) mass is 275 g/mol. The van der Waals surface area contributed by atoms with Crippen molar-refractivity contribution in [1.29, 1.82) is 0 Å². The van der Waals surface area contributed by atoms with Crippen molar-refractivity contribution in [1.82, 2.24) is 9.97 Å². The molecule has 0 spiro atoms.